The topological polar surface area (TPSA) is 184 Å². The number of rotatable bonds is 12. The van der Waals surface area contributed by atoms with Gasteiger partial charge in [-0.3, -0.25) is 19.8 Å². The number of aromatic amines is 1. The van der Waals surface area contributed by atoms with E-state index in [1.807, 2.05) is 35.4 Å². The van der Waals surface area contributed by atoms with Gasteiger partial charge in [0.25, 0.3) is 21.6 Å². The summed E-state index contributed by atoms with van der Waals surface area (Å²) in [5, 5.41) is 16.3. The highest BCUT2D eigenvalue weighted by molar-refractivity contribution is 7.90. The molecule has 0 unspecified atom stereocenters. The molecule has 3 atom stereocenters. The van der Waals surface area contributed by atoms with Crippen molar-refractivity contribution in [2.75, 3.05) is 67.7 Å². The van der Waals surface area contributed by atoms with Crippen molar-refractivity contribution in [2.45, 2.75) is 99.3 Å². The minimum Gasteiger partial charge on any atom is -0.468 e. The van der Waals surface area contributed by atoms with E-state index in [1.54, 1.807) is 17.2 Å². The van der Waals surface area contributed by atoms with Gasteiger partial charge in [-0.1, -0.05) is 24.3 Å². The van der Waals surface area contributed by atoms with E-state index in [0.717, 1.165) is 61.8 Å². The Hall–Kier alpha value is -5.75. The van der Waals surface area contributed by atoms with E-state index in [0.29, 0.717) is 73.4 Å². The first kappa shape index (κ1) is 43.5. The Morgan fingerprint density at radius 1 is 0.897 bits per heavy atom. The number of nitrogens with one attached hydrogen (secondary N) is 3. The van der Waals surface area contributed by atoms with Crippen LogP contribution in [0.5, 0.6) is 5.88 Å². The van der Waals surface area contributed by atoms with Gasteiger partial charge < -0.3 is 34.3 Å². The summed E-state index contributed by atoms with van der Waals surface area (Å²) < 4.78 is 48.3. The summed E-state index contributed by atoms with van der Waals surface area (Å²) in [5.74, 6) is 0.527. The van der Waals surface area contributed by atoms with Crippen molar-refractivity contribution in [2.24, 2.45) is 11.3 Å². The average molecular weight is 943 g/mol. The molecule has 3 N–H and O–H groups in total. The smallest absolute Gasteiger partial charge is 0.293 e. The van der Waals surface area contributed by atoms with Gasteiger partial charge in [-0.2, -0.15) is 4.98 Å². The molecule has 68 heavy (non-hydrogen) atoms. The van der Waals surface area contributed by atoms with E-state index in [-0.39, 0.29) is 23.2 Å². The molecule has 1 amide bonds. The number of likely N-dealkylation sites (tertiary alicyclic amines) is 1. The van der Waals surface area contributed by atoms with Crippen molar-refractivity contribution in [3.8, 4) is 5.88 Å². The first-order valence-electron chi connectivity index (χ1n) is 24.5. The molecule has 7 aliphatic rings. The van der Waals surface area contributed by atoms with Crippen molar-refractivity contribution < 1.29 is 32.3 Å². The maximum atomic E-state index is 14.6. The number of nitrogens with zero attached hydrogens (tertiary/aromatic N) is 5. The molecule has 0 radical (unpaired) electrons. The second kappa shape index (κ2) is 17.3. The maximum absolute atomic E-state index is 14.6. The van der Waals surface area contributed by atoms with E-state index in [9.17, 15) is 23.3 Å². The maximum Gasteiger partial charge on any atom is 0.293 e. The van der Waals surface area contributed by atoms with Crippen molar-refractivity contribution in [1.29, 1.82) is 0 Å². The molecule has 356 valence electrons. The van der Waals surface area contributed by atoms with E-state index in [4.69, 9.17) is 19.2 Å². The van der Waals surface area contributed by atoms with Gasteiger partial charge in [0.15, 0.2) is 0 Å². The van der Waals surface area contributed by atoms with Crippen LogP contribution in [0.2, 0.25) is 0 Å². The van der Waals surface area contributed by atoms with Crippen LogP contribution in [-0.4, -0.2) is 105 Å². The zero-order chi connectivity index (χ0) is 46.1. The van der Waals surface area contributed by atoms with Gasteiger partial charge in [0.05, 0.1) is 40.3 Å². The monoisotopic (exact) mass is 942 g/mol. The van der Waals surface area contributed by atoms with Gasteiger partial charge in [0, 0.05) is 68.3 Å². The number of nitro benzene ring substituents is 1. The number of hydrogen-bond donors (Lipinski definition) is 3. The second-order valence-electron chi connectivity index (χ2n) is 20.2. The predicted molar refractivity (Wildman–Crippen MR) is 257 cm³/mol. The third kappa shape index (κ3) is 8.03. The second-order valence-corrected chi connectivity index (χ2v) is 21.9. The van der Waals surface area contributed by atoms with Gasteiger partial charge >= 0.3 is 0 Å². The molecule has 16 nitrogen and oxygen atoms in total. The van der Waals surface area contributed by atoms with E-state index < -0.39 is 37.5 Å². The lowest BCUT2D eigenvalue weighted by atomic mass is 9.59. The molecule has 6 fully saturated rings. The number of anilines is 4. The number of piperidine rings is 1. The lowest BCUT2D eigenvalue weighted by Gasteiger charge is -2.56. The van der Waals surface area contributed by atoms with Gasteiger partial charge in [-0.25, -0.2) is 13.1 Å². The Labute approximate surface area is 395 Å². The van der Waals surface area contributed by atoms with Crippen LogP contribution in [-0.2, 0) is 19.5 Å². The molecule has 2 saturated carbocycles. The van der Waals surface area contributed by atoms with Gasteiger partial charge in [0.2, 0.25) is 5.88 Å². The lowest BCUT2D eigenvalue weighted by molar-refractivity contribution is -0.384. The molecular formula is C51H58N8O8S. The fourth-order valence-corrected chi connectivity index (χ4v) is 13.2. The van der Waals surface area contributed by atoms with Crippen LogP contribution in [0.3, 0.4) is 0 Å². The standard InChI is InChI=1S/C51H58N8O8S/c60-49(55-68(63,64)37-10-12-41(44(26-37)59(61)62)53-29-32-14-22-65-23-15-32)40-11-9-35(25-43(40)58-45-24-34-13-18-52-48(34)54-50(45)67-47-31-66-30-46(47)58)56-20-16-51(17-21-56)27-36(28-51)57-19-3-6-42(57)39-5-2-1-4-38(39)33-7-8-33/h1-2,4-5,9-13,18,24-26,32-33,36,42,46-47,53H,3,6-8,14-17,19-23,27-31H2,(H,52,54)(H,55,60)/t42-,46+,47+/m0/s1. The highest BCUT2D eigenvalue weighted by atomic mass is 32.2. The zero-order valence-electron chi connectivity index (χ0n) is 38.1. The highest BCUT2D eigenvalue weighted by Gasteiger charge is 2.50. The van der Waals surface area contributed by atoms with Crippen LogP contribution in [0.15, 0.2) is 83.9 Å². The molecule has 3 aromatic carbocycles. The SMILES string of the molecule is O=C(NS(=O)(=O)c1ccc(NCC2CCOCC2)c([N+](=O)[O-])c1)c1ccc(N2CCC3(CC2)CC(N2CCC[C@H]2c2ccccc2C2CC2)C3)cc1N1c2cc3cc[nH]c3nc2O[C@@H]2COC[C@H]21. The Balaban J connectivity index is 0.815. The molecule has 0 bridgehead atoms. The number of H-pyrrole nitrogens is 1. The minimum atomic E-state index is -4.58. The predicted octanol–water partition coefficient (Wildman–Crippen LogP) is 8.19. The van der Waals surface area contributed by atoms with E-state index >= 15 is 0 Å². The molecule has 12 rings (SSSR count). The Kier molecular flexibility index (Phi) is 11.1. The molecule has 1 spiro atoms. The number of fused-ring (bicyclic) bond motifs is 3. The number of aromatic nitrogens is 2. The number of nitro groups is 1. The summed E-state index contributed by atoms with van der Waals surface area (Å²) in [4.78, 5) is 41.1. The molecule has 5 aliphatic heterocycles. The number of ether oxygens (including phenoxy) is 3. The van der Waals surface area contributed by atoms with Crippen LogP contribution < -0.4 is 24.6 Å². The molecule has 4 saturated heterocycles. The number of sulfonamides is 1. The number of amides is 1. The number of carbonyl (C=O) groups is 1. The van der Waals surface area contributed by atoms with Gasteiger partial charge in [0.1, 0.15) is 23.1 Å². The first-order valence-corrected chi connectivity index (χ1v) is 26.0. The molecule has 7 heterocycles. The highest BCUT2D eigenvalue weighted by Crippen LogP contribution is 2.55. The normalized spacial score (nSPS) is 24.1. The quantitative estimate of drug-likeness (QED) is 0.0805. The summed E-state index contributed by atoms with van der Waals surface area (Å²) >= 11 is 0. The Morgan fingerprint density at radius 3 is 2.50 bits per heavy atom. The van der Waals surface area contributed by atoms with Gasteiger partial charge in [-0.05, 0) is 142 Å². The first-order chi connectivity index (χ1) is 33.1. The van der Waals surface area contributed by atoms with E-state index in [1.165, 1.54) is 57.2 Å². The van der Waals surface area contributed by atoms with Crippen LogP contribution in [0, 0.1) is 21.4 Å². The summed E-state index contributed by atoms with van der Waals surface area (Å²) in [6.45, 7) is 5.28. The largest absolute Gasteiger partial charge is 0.468 e. The average Bonchev–Trinajstić information content (AvgIpc) is 3.63. The molecule has 17 heteroatoms. The fraction of sp³-hybridized carbons (Fsp3) is 0.490. The van der Waals surface area contributed by atoms with Crippen molar-refractivity contribution in [3.05, 3.63) is 106 Å². The number of carbonyl (C=O) groups excluding carboxylic acids is 1. The number of pyridine rings is 1. The van der Waals surface area contributed by atoms with Crippen molar-refractivity contribution in [3.63, 3.8) is 0 Å². The number of hydrogen-bond acceptors (Lipinski definition) is 13. The molecular weight excluding hydrogens is 885 g/mol. The van der Waals surface area contributed by atoms with E-state index in [2.05, 4.69) is 49.1 Å². The van der Waals surface area contributed by atoms with Crippen LogP contribution in [0.4, 0.5) is 28.4 Å². The summed E-state index contributed by atoms with van der Waals surface area (Å²) in [5.41, 5.74) is 6.09. The summed E-state index contributed by atoms with van der Waals surface area (Å²) in [6.07, 6.45) is 12.8. The zero-order valence-corrected chi connectivity index (χ0v) is 38.9. The number of benzene rings is 3. The van der Waals surface area contributed by atoms with Crippen LogP contribution in [0.1, 0.15) is 97.7 Å². The third-order valence-electron chi connectivity index (χ3n) is 16.1. The summed E-state index contributed by atoms with van der Waals surface area (Å²) in [6, 6.07) is 23.1. The minimum absolute atomic E-state index is 0.118. The molecule has 2 aliphatic carbocycles. The van der Waals surface area contributed by atoms with Crippen molar-refractivity contribution >= 4 is 55.4 Å². The third-order valence-corrected chi connectivity index (χ3v) is 17.4. The Morgan fingerprint density at radius 2 is 1.71 bits per heavy atom. The Bertz CT molecular complexity index is 2870. The lowest BCUT2D eigenvalue weighted by Crippen LogP contribution is -2.55. The van der Waals surface area contributed by atoms with Crippen molar-refractivity contribution in [1.82, 2.24) is 19.6 Å². The molecule has 2 aromatic heterocycles. The fourth-order valence-electron chi connectivity index (χ4n) is 12.2. The van der Waals surface area contributed by atoms with Crippen LogP contribution >= 0.6 is 0 Å². The molecule has 5 aromatic rings. The van der Waals surface area contributed by atoms with Gasteiger partial charge in [-0.15, -0.1) is 0 Å². The summed E-state index contributed by atoms with van der Waals surface area (Å²) in [7, 11) is -4.58. The van der Waals surface area contributed by atoms with Crippen LogP contribution in [0.25, 0.3) is 11.0 Å².